The molecular weight excluding hydrogens is 407 g/mol. The van der Waals surface area contributed by atoms with E-state index in [9.17, 15) is 4.57 Å². The number of nitrogens with zero attached hydrogens (tertiary/aromatic N) is 1. The minimum Gasteiger partial charge on any atom is -0.497 e. The molecule has 0 unspecified atom stereocenters. The van der Waals surface area contributed by atoms with Crippen LogP contribution in [0.1, 0.15) is 24.7 Å². The first-order valence-corrected chi connectivity index (χ1v) is 12.1. The molecule has 3 aromatic rings. The summed E-state index contributed by atoms with van der Waals surface area (Å²) >= 11 is 0. The van der Waals surface area contributed by atoms with Crippen LogP contribution in [0.3, 0.4) is 0 Å². The van der Waals surface area contributed by atoms with Gasteiger partial charge in [0.25, 0.3) is 7.37 Å². The minimum atomic E-state index is -3.33. The third-order valence-corrected chi connectivity index (χ3v) is 7.75. The lowest BCUT2D eigenvalue weighted by molar-refractivity contribution is 0.315. The van der Waals surface area contributed by atoms with E-state index in [2.05, 4.69) is 5.32 Å². The summed E-state index contributed by atoms with van der Waals surface area (Å²) in [6, 6.07) is 25.2. The van der Waals surface area contributed by atoms with Crippen LogP contribution in [0.2, 0.25) is 0 Å². The van der Waals surface area contributed by atoms with Crippen LogP contribution in [0.4, 0.5) is 11.4 Å². The number of anilines is 2. The smallest absolute Gasteiger partial charge is 0.258 e. The van der Waals surface area contributed by atoms with Crippen LogP contribution in [-0.2, 0) is 9.09 Å². The summed E-state index contributed by atoms with van der Waals surface area (Å²) in [7, 11) is 2.28. The molecule has 0 aliphatic carbocycles. The van der Waals surface area contributed by atoms with Gasteiger partial charge in [-0.3, -0.25) is 4.57 Å². The number of nitrogens with one attached hydrogen (secondary N) is 1. The van der Waals surface area contributed by atoms with Gasteiger partial charge in [-0.2, -0.15) is 0 Å². The molecule has 0 spiro atoms. The SMILES string of the molecule is CCCO[P@](=O)(c1ccc(N(C)C)cc1)[C@@H](Nc1ccccc1)c1ccc(OC)cc1. The Morgan fingerprint density at radius 2 is 1.58 bits per heavy atom. The highest BCUT2D eigenvalue weighted by molar-refractivity contribution is 7.67. The Balaban J connectivity index is 2.10. The predicted octanol–water partition coefficient (Wildman–Crippen LogP) is 5.90. The number of hydrogen-bond acceptors (Lipinski definition) is 5. The van der Waals surface area contributed by atoms with Gasteiger partial charge in [-0.15, -0.1) is 0 Å². The van der Waals surface area contributed by atoms with E-state index < -0.39 is 13.2 Å². The fourth-order valence-electron chi connectivity index (χ4n) is 3.33. The molecule has 0 aromatic heterocycles. The molecule has 3 aromatic carbocycles. The van der Waals surface area contributed by atoms with Crippen LogP contribution in [-0.4, -0.2) is 27.8 Å². The lowest BCUT2D eigenvalue weighted by Gasteiger charge is -2.30. The number of ether oxygens (including phenoxy) is 1. The normalized spacial score (nSPS) is 13.8. The largest absolute Gasteiger partial charge is 0.497 e. The molecule has 31 heavy (non-hydrogen) atoms. The van der Waals surface area contributed by atoms with Crippen molar-refractivity contribution in [2.24, 2.45) is 0 Å². The molecular formula is C25H31N2O3P. The van der Waals surface area contributed by atoms with Crippen molar-refractivity contribution in [2.75, 3.05) is 38.0 Å². The summed E-state index contributed by atoms with van der Waals surface area (Å²) in [5.74, 6) is 0.208. The Bertz CT molecular complexity index is 990. The number of methoxy groups -OCH3 is 1. The van der Waals surface area contributed by atoms with Crippen LogP contribution in [0, 0.1) is 0 Å². The van der Waals surface area contributed by atoms with E-state index in [1.165, 1.54) is 0 Å². The molecule has 164 valence electrons. The highest BCUT2D eigenvalue weighted by atomic mass is 31.2. The fraction of sp³-hybridized carbons (Fsp3) is 0.280. The Kier molecular flexibility index (Phi) is 7.78. The maximum absolute atomic E-state index is 14.6. The van der Waals surface area contributed by atoms with Gasteiger partial charge in [0.05, 0.1) is 13.7 Å². The fourth-order valence-corrected chi connectivity index (χ4v) is 5.83. The molecule has 0 heterocycles. The summed E-state index contributed by atoms with van der Waals surface area (Å²) < 4.78 is 26.1. The second-order valence-corrected chi connectivity index (χ2v) is 10.0. The third kappa shape index (κ3) is 5.49. The van der Waals surface area contributed by atoms with Crippen molar-refractivity contribution in [3.8, 4) is 5.75 Å². The van der Waals surface area contributed by atoms with Crippen molar-refractivity contribution < 1.29 is 13.8 Å². The summed E-state index contributed by atoms with van der Waals surface area (Å²) in [4.78, 5) is 2.02. The maximum atomic E-state index is 14.6. The number of rotatable bonds is 10. The first-order valence-electron chi connectivity index (χ1n) is 10.5. The predicted molar refractivity (Wildman–Crippen MR) is 130 cm³/mol. The average Bonchev–Trinajstić information content (AvgIpc) is 2.82. The first-order chi connectivity index (χ1) is 15.0. The molecule has 0 saturated heterocycles. The second kappa shape index (κ2) is 10.5. The number of para-hydroxylation sites is 1. The van der Waals surface area contributed by atoms with Gasteiger partial charge in [0.15, 0.2) is 0 Å². The van der Waals surface area contributed by atoms with E-state index in [-0.39, 0.29) is 0 Å². The van der Waals surface area contributed by atoms with Gasteiger partial charge < -0.3 is 19.5 Å². The summed E-state index contributed by atoms with van der Waals surface area (Å²) in [6.45, 7) is 2.43. The van der Waals surface area contributed by atoms with Gasteiger partial charge in [0.1, 0.15) is 11.5 Å². The summed E-state index contributed by atoms with van der Waals surface area (Å²) in [6.07, 6.45) is 0.778. The molecule has 3 rings (SSSR count). The van der Waals surface area contributed by atoms with Crippen LogP contribution in [0.5, 0.6) is 5.75 Å². The molecule has 5 nitrogen and oxygen atoms in total. The summed E-state index contributed by atoms with van der Waals surface area (Å²) in [5.41, 5.74) is 2.80. The van der Waals surface area contributed by atoms with Crippen LogP contribution in [0.25, 0.3) is 0 Å². The monoisotopic (exact) mass is 438 g/mol. The van der Waals surface area contributed by atoms with Gasteiger partial charge in [-0.05, 0) is 60.5 Å². The van der Waals surface area contributed by atoms with E-state index in [4.69, 9.17) is 9.26 Å². The zero-order chi connectivity index (χ0) is 22.3. The first kappa shape index (κ1) is 22.9. The van der Waals surface area contributed by atoms with E-state index in [0.717, 1.165) is 29.1 Å². The van der Waals surface area contributed by atoms with Crippen molar-refractivity contribution >= 4 is 24.0 Å². The van der Waals surface area contributed by atoms with E-state index >= 15 is 0 Å². The Labute approximate surface area is 185 Å². The van der Waals surface area contributed by atoms with E-state index in [1.54, 1.807) is 7.11 Å². The lowest BCUT2D eigenvalue weighted by Crippen LogP contribution is -2.21. The third-order valence-electron chi connectivity index (χ3n) is 5.06. The molecule has 0 aliphatic rings. The zero-order valence-corrected chi connectivity index (χ0v) is 19.5. The Hall–Kier alpha value is -2.75. The molecule has 0 fully saturated rings. The summed E-state index contributed by atoms with van der Waals surface area (Å²) in [5, 5.41) is 4.17. The second-order valence-electron chi connectivity index (χ2n) is 7.53. The Morgan fingerprint density at radius 3 is 2.13 bits per heavy atom. The number of hydrogen-bond donors (Lipinski definition) is 1. The van der Waals surface area contributed by atoms with E-state index in [1.807, 2.05) is 105 Å². The van der Waals surface area contributed by atoms with Crippen LogP contribution >= 0.6 is 7.37 Å². The highest BCUT2D eigenvalue weighted by Gasteiger charge is 2.37. The lowest BCUT2D eigenvalue weighted by atomic mass is 10.2. The standard InChI is InChI=1S/C25H31N2O3P/c1-5-19-30-31(28,24-17-13-22(14-18-24)27(2)3)25(26-21-9-7-6-8-10-21)20-11-15-23(29-4)16-12-20/h6-18,25-26H,5,19H2,1-4H3/t25-,31-/m1/s1. The van der Waals surface area contributed by atoms with Gasteiger partial charge in [-0.25, -0.2) is 0 Å². The van der Waals surface area contributed by atoms with Crippen molar-refractivity contribution in [1.82, 2.24) is 0 Å². The van der Waals surface area contributed by atoms with Gasteiger partial charge >= 0.3 is 0 Å². The van der Waals surface area contributed by atoms with Gasteiger partial charge in [0, 0.05) is 30.8 Å². The number of benzene rings is 3. The topological polar surface area (TPSA) is 50.8 Å². The quantitative estimate of drug-likeness (QED) is 0.399. The average molecular weight is 439 g/mol. The molecule has 0 radical (unpaired) electrons. The molecule has 0 amide bonds. The van der Waals surface area contributed by atoms with E-state index in [0.29, 0.717) is 11.9 Å². The minimum absolute atomic E-state index is 0.413. The molecule has 0 bridgehead atoms. The van der Waals surface area contributed by atoms with Crippen LogP contribution < -0.4 is 20.3 Å². The molecule has 1 N–H and O–H groups in total. The molecule has 0 saturated carbocycles. The Morgan fingerprint density at radius 1 is 0.935 bits per heavy atom. The molecule has 6 heteroatoms. The van der Waals surface area contributed by atoms with Crippen molar-refractivity contribution in [3.63, 3.8) is 0 Å². The van der Waals surface area contributed by atoms with Crippen molar-refractivity contribution in [2.45, 2.75) is 19.1 Å². The van der Waals surface area contributed by atoms with Gasteiger partial charge in [-0.1, -0.05) is 37.3 Å². The zero-order valence-electron chi connectivity index (χ0n) is 18.6. The van der Waals surface area contributed by atoms with Crippen LogP contribution in [0.15, 0.2) is 78.9 Å². The van der Waals surface area contributed by atoms with Crippen molar-refractivity contribution in [3.05, 3.63) is 84.4 Å². The van der Waals surface area contributed by atoms with Crippen molar-refractivity contribution in [1.29, 1.82) is 0 Å². The highest BCUT2D eigenvalue weighted by Crippen LogP contribution is 2.59. The molecule has 2 atom stereocenters. The molecule has 0 aliphatic heterocycles. The van der Waals surface area contributed by atoms with Gasteiger partial charge in [0.2, 0.25) is 0 Å². The maximum Gasteiger partial charge on any atom is 0.258 e.